The van der Waals surface area contributed by atoms with E-state index in [-0.39, 0.29) is 24.8 Å². The molecule has 0 spiro atoms. The van der Waals surface area contributed by atoms with Gasteiger partial charge in [-0.05, 0) is 38.5 Å². The number of piperidine rings is 1. The summed E-state index contributed by atoms with van der Waals surface area (Å²) in [5, 5.41) is 2.79. The Hall–Kier alpha value is -1.11. The minimum atomic E-state index is -4.18. The molecule has 3 atom stereocenters. The lowest BCUT2D eigenvalue weighted by molar-refractivity contribution is -0.187. The third kappa shape index (κ3) is 3.70. The average molecular weight is 346 g/mol. The molecule has 3 nitrogen and oxygen atoms in total. The molecule has 0 unspecified atom stereocenters. The van der Waals surface area contributed by atoms with E-state index in [1.54, 1.807) is 11.1 Å². The van der Waals surface area contributed by atoms with Crippen molar-refractivity contribution in [3.8, 4) is 0 Å². The van der Waals surface area contributed by atoms with Gasteiger partial charge >= 0.3 is 6.18 Å². The fourth-order valence-electron chi connectivity index (χ4n) is 3.80. The molecule has 0 radical (unpaired) electrons. The first kappa shape index (κ1) is 16.7. The molecule has 0 N–H and O–H groups in total. The molecular formula is C16H21F3N2OS. The van der Waals surface area contributed by atoms with E-state index < -0.39 is 18.0 Å². The zero-order valence-corrected chi connectivity index (χ0v) is 13.7. The maximum atomic E-state index is 13.0. The number of hydrogen-bond acceptors (Lipinski definition) is 3. The number of thiazole rings is 1. The average Bonchev–Trinajstić information content (AvgIpc) is 3.08. The van der Waals surface area contributed by atoms with Gasteiger partial charge in [0, 0.05) is 24.0 Å². The van der Waals surface area contributed by atoms with E-state index in [2.05, 4.69) is 4.98 Å². The summed E-state index contributed by atoms with van der Waals surface area (Å²) < 4.78 is 39.0. The van der Waals surface area contributed by atoms with Gasteiger partial charge in [0.2, 0.25) is 5.91 Å². The van der Waals surface area contributed by atoms with Gasteiger partial charge in [-0.2, -0.15) is 13.2 Å². The predicted octanol–water partition coefficient (Wildman–Crippen LogP) is 4.57. The first-order chi connectivity index (χ1) is 11.0. The van der Waals surface area contributed by atoms with Crippen LogP contribution >= 0.6 is 11.3 Å². The van der Waals surface area contributed by atoms with Gasteiger partial charge in [0.15, 0.2) is 0 Å². The summed E-state index contributed by atoms with van der Waals surface area (Å²) in [7, 11) is 0. The fourth-order valence-corrected chi connectivity index (χ4v) is 4.58. The summed E-state index contributed by atoms with van der Waals surface area (Å²) in [6, 6.07) is -0.0532. The molecule has 23 heavy (non-hydrogen) atoms. The van der Waals surface area contributed by atoms with Gasteiger partial charge in [0.05, 0.1) is 12.0 Å². The Bertz CT molecular complexity index is 532. The minimum absolute atomic E-state index is 0.0522. The lowest BCUT2D eigenvalue weighted by Gasteiger charge is -2.39. The molecule has 1 saturated carbocycles. The molecule has 1 aromatic heterocycles. The molecule has 1 saturated heterocycles. The Morgan fingerprint density at radius 2 is 2.04 bits per heavy atom. The van der Waals surface area contributed by atoms with Crippen LogP contribution in [0.5, 0.6) is 0 Å². The highest BCUT2D eigenvalue weighted by atomic mass is 32.1. The summed E-state index contributed by atoms with van der Waals surface area (Å²) in [6.45, 7) is 0.635. The zero-order chi connectivity index (χ0) is 16.4. The van der Waals surface area contributed by atoms with E-state index in [1.165, 1.54) is 11.3 Å². The fraction of sp³-hybridized carbons (Fsp3) is 0.750. The van der Waals surface area contributed by atoms with Crippen LogP contribution in [0.1, 0.15) is 56.0 Å². The van der Waals surface area contributed by atoms with Crippen molar-refractivity contribution in [2.75, 3.05) is 6.54 Å². The Morgan fingerprint density at radius 3 is 2.74 bits per heavy atom. The van der Waals surface area contributed by atoms with E-state index in [9.17, 15) is 18.0 Å². The SMILES string of the molecule is O=C([C@@H]1CCC[C@H](C(F)(F)F)C1)N1CCCC[C@@H]1c1nccs1. The third-order valence-electron chi connectivity index (χ3n) is 5.01. The number of likely N-dealkylation sites (tertiary alicyclic amines) is 1. The third-order valence-corrected chi connectivity index (χ3v) is 5.89. The molecule has 1 aromatic rings. The normalized spacial score (nSPS) is 29.5. The van der Waals surface area contributed by atoms with Gasteiger partial charge in [-0.3, -0.25) is 4.79 Å². The molecule has 2 heterocycles. The minimum Gasteiger partial charge on any atom is -0.333 e. The van der Waals surface area contributed by atoms with Crippen LogP contribution in [-0.4, -0.2) is 28.5 Å². The summed E-state index contributed by atoms with van der Waals surface area (Å²) in [5.41, 5.74) is 0. The Balaban J connectivity index is 1.72. The van der Waals surface area contributed by atoms with Crippen LogP contribution in [0.15, 0.2) is 11.6 Å². The summed E-state index contributed by atoms with van der Waals surface area (Å²) in [4.78, 5) is 19.0. The maximum Gasteiger partial charge on any atom is 0.391 e. The largest absolute Gasteiger partial charge is 0.391 e. The van der Waals surface area contributed by atoms with Crippen molar-refractivity contribution in [1.82, 2.24) is 9.88 Å². The second-order valence-corrected chi connectivity index (χ2v) is 7.44. The number of carbonyl (C=O) groups is 1. The molecule has 7 heteroatoms. The summed E-state index contributed by atoms with van der Waals surface area (Å²) >= 11 is 1.52. The molecule has 1 aliphatic heterocycles. The first-order valence-electron chi connectivity index (χ1n) is 8.23. The summed E-state index contributed by atoms with van der Waals surface area (Å²) in [5.74, 6) is -1.91. The Morgan fingerprint density at radius 1 is 1.22 bits per heavy atom. The second-order valence-electron chi connectivity index (χ2n) is 6.52. The lowest BCUT2D eigenvalue weighted by Crippen LogP contribution is -2.44. The van der Waals surface area contributed by atoms with Gasteiger partial charge in [0.1, 0.15) is 5.01 Å². The molecule has 1 aliphatic carbocycles. The van der Waals surface area contributed by atoms with Gasteiger partial charge in [-0.15, -0.1) is 11.3 Å². The first-order valence-corrected chi connectivity index (χ1v) is 9.11. The number of halogens is 3. The van der Waals surface area contributed by atoms with Crippen LogP contribution in [0, 0.1) is 11.8 Å². The molecule has 128 valence electrons. The monoisotopic (exact) mass is 346 g/mol. The Kier molecular flexibility index (Phi) is 4.94. The molecule has 3 rings (SSSR count). The van der Waals surface area contributed by atoms with Crippen molar-refractivity contribution in [2.45, 2.75) is 57.2 Å². The lowest BCUT2D eigenvalue weighted by atomic mass is 9.80. The van der Waals surface area contributed by atoms with E-state index in [0.29, 0.717) is 19.4 Å². The Labute approximate surface area is 137 Å². The number of carbonyl (C=O) groups excluding carboxylic acids is 1. The molecule has 1 amide bonds. The smallest absolute Gasteiger partial charge is 0.333 e. The van der Waals surface area contributed by atoms with Crippen molar-refractivity contribution < 1.29 is 18.0 Å². The van der Waals surface area contributed by atoms with Crippen LogP contribution in [0.3, 0.4) is 0 Å². The molecule has 2 fully saturated rings. The summed E-state index contributed by atoms with van der Waals surface area (Å²) in [6.07, 6.45) is 1.50. The quantitative estimate of drug-likeness (QED) is 0.786. The highest BCUT2D eigenvalue weighted by molar-refractivity contribution is 7.09. The number of hydrogen-bond donors (Lipinski definition) is 0. The van der Waals surface area contributed by atoms with Crippen LogP contribution < -0.4 is 0 Å². The van der Waals surface area contributed by atoms with Crippen LogP contribution in [0.4, 0.5) is 13.2 Å². The molecular weight excluding hydrogens is 325 g/mol. The number of aromatic nitrogens is 1. The van der Waals surface area contributed by atoms with Crippen molar-refractivity contribution in [3.63, 3.8) is 0 Å². The van der Waals surface area contributed by atoms with Gasteiger partial charge < -0.3 is 4.90 Å². The van der Waals surface area contributed by atoms with Crippen molar-refractivity contribution in [2.24, 2.45) is 11.8 Å². The van der Waals surface area contributed by atoms with Gasteiger partial charge in [-0.1, -0.05) is 6.42 Å². The van der Waals surface area contributed by atoms with Crippen LogP contribution in [0.2, 0.25) is 0 Å². The highest BCUT2D eigenvalue weighted by Gasteiger charge is 2.45. The predicted molar refractivity (Wildman–Crippen MR) is 81.9 cm³/mol. The topological polar surface area (TPSA) is 33.2 Å². The second kappa shape index (κ2) is 6.79. The van der Waals surface area contributed by atoms with E-state index >= 15 is 0 Å². The van der Waals surface area contributed by atoms with E-state index in [0.717, 1.165) is 24.3 Å². The van der Waals surface area contributed by atoms with Crippen molar-refractivity contribution in [3.05, 3.63) is 16.6 Å². The van der Waals surface area contributed by atoms with E-state index in [1.807, 2.05) is 5.38 Å². The number of alkyl halides is 3. The zero-order valence-electron chi connectivity index (χ0n) is 12.9. The van der Waals surface area contributed by atoms with E-state index in [4.69, 9.17) is 0 Å². The number of amides is 1. The molecule has 2 aliphatic rings. The standard InChI is InChI=1S/C16H21F3N2OS/c17-16(18,19)12-5-3-4-11(10-12)15(22)21-8-2-1-6-13(21)14-20-7-9-23-14/h7,9,11-13H,1-6,8,10H2/t11-,12+,13-/m1/s1. The van der Waals surface area contributed by atoms with Crippen LogP contribution in [0.25, 0.3) is 0 Å². The molecule has 0 aromatic carbocycles. The number of rotatable bonds is 2. The number of nitrogens with zero attached hydrogens (tertiary/aromatic N) is 2. The van der Waals surface area contributed by atoms with Gasteiger partial charge in [-0.25, -0.2) is 4.98 Å². The van der Waals surface area contributed by atoms with Crippen LogP contribution in [-0.2, 0) is 4.79 Å². The van der Waals surface area contributed by atoms with Crippen molar-refractivity contribution in [1.29, 1.82) is 0 Å². The van der Waals surface area contributed by atoms with Gasteiger partial charge in [0.25, 0.3) is 0 Å². The maximum absolute atomic E-state index is 13.0. The van der Waals surface area contributed by atoms with Crippen molar-refractivity contribution >= 4 is 17.2 Å². The molecule has 0 bridgehead atoms. The highest BCUT2D eigenvalue weighted by Crippen LogP contribution is 2.42.